The molecule has 0 bridgehead atoms. The van der Waals surface area contributed by atoms with Gasteiger partial charge in [-0.15, -0.1) is 0 Å². The standard InChI is InChI=1S/C11H21NO2/c1-11(7-5-8-11)12-9-4-2-3-6-10(13)14/h12H,2-9H2,1H3,(H,13,14). The van der Waals surface area contributed by atoms with Crippen molar-refractivity contribution in [1.82, 2.24) is 5.32 Å². The molecule has 3 nitrogen and oxygen atoms in total. The number of hydrogen-bond acceptors (Lipinski definition) is 2. The molecule has 1 aliphatic carbocycles. The number of nitrogens with one attached hydrogen (secondary N) is 1. The van der Waals surface area contributed by atoms with Gasteiger partial charge in [0, 0.05) is 12.0 Å². The Morgan fingerprint density at radius 2 is 2.07 bits per heavy atom. The first-order valence-corrected chi connectivity index (χ1v) is 5.59. The number of aliphatic carboxylic acids is 1. The summed E-state index contributed by atoms with van der Waals surface area (Å²) in [5, 5.41) is 12.0. The van der Waals surface area contributed by atoms with Crippen LogP contribution in [0.2, 0.25) is 0 Å². The zero-order valence-corrected chi connectivity index (χ0v) is 9.01. The number of carbonyl (C=O) groups is 1. The van der Waals surface area contributed by atoms with Gasteiger partial charge in [-0.2, -0.15) is 0 Å². The van der Waals surface area contributed by atoms with Crippen LogP contribution in [0.5, 0.6) is 0 Å². The van der Waals surface area contributed by atoms with E-state index in [0.717, 1.165) is 25.8 Å². The van der Waals surface area contributed by atoms with Gasteiger partial charge in [-0.25, -0.2) is 0 Å². The SMILES string of the molecule is CC1(NCCCCCC(=O)O)CCC1. The van der Waals surface area contributed by atoms with Gasteiger partial charge < -0.3 is 10.4 Å². The highest BCUT2D eigenvalue weighted by molar-refractivity contribution is 5.66. The summed E-state index contributed by atoms with van der Waals surface area (Å²) in [6, 6.07) is 0. The molecular weight excluding hydrogens is 178 g/mol. The third-order valence-electron chi connectivity index (χ3n) is 3.08. The van der Waals surface area contributed by atoms with Crippen LogP contribution in [0.4, 0.5) is 0 Å². The fourth-order valence-electron chi connectivity index (χ4n) is 1.85. The Morgan fingerprint density at radius 1 is 1.36 bits per heavy atom. The zero-order chi connectivity index (χ0) is 10.4. The maximum atomic E-state index is 10.2. The molecule has 0 aromatic carbocycles. The highest BCUT2D eigenvalue weighted by atomic mass is 16.4. The highest BCUT2D eigenvalue weighted by Crippen LogP contribution is 2.30. The quantitative estimate of drug-likeness (QED) is 0.618. The molecule has 0 unspecified atom stereocenters. The van der Waals surface area contributed by atoms with Gasteiger partial charge in [0.15, 0.2) is 0 Å². The van der Waals surface area contributed by atoms with E-state index in [4.69, 9.17) is 5.11 Å². The van der Waals surface area contributed by atoms with Crippen LogP contribution in [0.15, 0.2) is 0 Å². The van der Waals surface area contributed by atoms with Crippen molar-refractivity contribution in [3.8, 4) is 0 Å². The van der Waals surface area contributed by atoms with Gasteiger partial charge in [-0.05, 0) is 45.6 Å². The molecule has 0 spiro atoms. The average molecular weight is 199 g/mol. The Bertz CT molecular complexity index is 188. The second-order valence-corrected chi connectivity index (χ2v) is 4.55. The summed E-state index contributed by atoms with van der Waals surface area (Å²) in [5.41, 5.74) is 0.396. The molecule has 0 amide bonds. The molecule has 82 valence electrons. The van der Waals surface area contributed by atoms with Crippen molar-refractivity contribution in [1.29, 1.82) is 0 Å². The third kappa shape index (κ3) is 4.09. The molecule has 0 heterocycles. The van der Waals surface area contributed by atoms with Crippen molar-refractivity contribution < 1.29 is 9.90 Å². The van der Waals surface area contributed by atoms with Crippen LogP contribution in [0.1, 0.15) is 51.9 Å². The van der Waals surface area contributed by atoms with E-state index in [1.807, 2.05) is 0 Å². The van der Waals surface area contributed by atoms with Gasteiger partial charge >= 0.3 is 5.97 Å². The molecule has 0 radical (unpaired) electrons. The van der Waals surface area contributed by atoms with E-state index in [0.29, 0.717) is 12.0 Å². The topological polar surface area (TPSA) is 49.3 Å². The molecule has 1 aliphatic rings. The van der Waals surface area contributed by atoms with Crippen molar-refractivity contribution in [2.75, 3.05) is 6.54 Å². The van der Waals surface area contributed by atoms with Crippen LogP contribution in [-0.4, -0.2) is 23.2 Å². The number of carboxylic acid groups (broad SMARTS) is 1. The predicted octanol–water partition coefficient (Wildman–Crippen LogP) is 2.16. The van der Waals surface area contributed by atoms with Gasteiger partial charge in [0.2, 0.25) is 0 Å². The van der Waals surface area contributed by atoms with E-state index in [1.54, 1.807) is 0 Å². The summed E-state index contributed by atoms with van der Waals surface area (Å²) in [7, 11) is 0. The lowest BCUT2D eigenvalue weighted by atomic mass is 9.78. The predicted molar refractivity (Wildman–Crippen MR) is 56.4 cm³/mol. The molecule has 0 aromatic rings. The van der Waals surface area contributed by atoms with E-state index >= 15 is 0 Å². The Balaban J connectivity index is 1.87. The molecule has 1 saturated carbocycles. The average Bonchev–Trinajstić information content (AvgIpc) is 2.07. The van der Waals surface area contributed by atoms with Gasteiger partial charge in [0.25, 0.3) is 0 Å². The molecule has 14 heavy (non-hydrogen) atoms. The molecule has 3 heteroatoms. The van der Waals surface area contributed by atoms with E-state index in [9.17, 15) is 4.79 Å². The third-order valence-corrected chi connectivity index (χ3v) is 3.08. The summed E-state index contributed by atoms with van der Waals surface area (Å²) in [6.45, 7) is 3.31. The fourth-order valence-corrected chi connectivity index (χ4v) is 1.85. The Morgan fingerprint density at radius 3 is 2.57 bits per heavy atom. The fraction of sp³-hybridized carbons (Fsp3) is 0.909. The Hall–Kier alpha value is -0.570. The smallest absolute Gasteiger partial charge is 0.303 e. The number of hydrogen-bond donors (Lipinski definition) is 2. The first kappa shape index (κ1) is 11.5. The lowest BCUT2D eigenvalue weighted by Crippen LogP contribution is -2.48. The van der Waals surface area contributed by atoms with E-state index in [-0.39, 0.29) is 0 Å². The lowest BCUT2D eigenvalue weighted by Gasteiger charge is -2.39. The van der Waals surface area contributed by atoms with Crippen molar-refractivity contribution in [3.63, 3.8) is 0 Å². The molecule has 1 rings (SSSR count). The summed E-state index contributed by atoms with van der Waals surface area (Å²) < 4.78 is 0. The van der Waals surface area contributed by atoms with Crippen molar-refractivity contribution in [2.45, 2.75) is 57.4 Å². The molecule has 0 aliphatic heterocycles. The second-order valence-electron chi connectivity index (χ2n) is 4.55. The van der Waals surface area contributed by atoms with Crippen molar-refractivity contribution in [3.05, 3.63) is 0 Å². The van der Waals surface area contributed by atoms with Crippen LogP contribution >= 0.6 is 0 Å². The summed E-state index contributed by atoms with van der Waals surface area (Å²) in [6.07, 6.45) is 7.19. The van der Waals surface area contributed by atoms with Crippen LogP contribution < -0.4 is 5.32 Å². The number of rotatable bonds is 7. The van der Waals surface area contributed by atoms with Gasteiger partial charge in [0.1, 0.15) is 0 Å². The highest BCUT2D eigenvalue weighted by Gasteiger charge is 2.30. The molecule has 0 atom stereocenters. The summed E-state index contributed by atoms with van der Waals surface area (Å²) in [4.78, 5) is 10.2. The van der Waals surface area contributed by atoms with Gasteiger partial charge in [0.05, 0.1) is 0 Å². The maximum Gasteiger partial charge on any atom is 0.303 e. The summed E-state index contributed by atoms with van der Waals surface area (Å²) in [5.74, 6) is -0.677. The van der Waals surface area contributed by atoms with Gasteiger partial charge in [-0.3, -0.25) is 4.79 Å². The van der Waals surface area contributed by atoms with E-state index in [1.165, 1.54) is 19.3 Å². The van der Waals surface area contributed by atoms with Crippen LogP contribution in [0.25, 0.3) is 0 Å². The lowest BCUT2D eigenvalue weighted by molar-refractivity contribution is -0.137. The summed E-state index contributed by atoms with van der Waals surface area (Å²) >= 11 is 0. The van der Waals surface area contributed by atoms with E-state index < -0.39 is 5.97 Å². The van der Waals surface area contributed by atoms with Crippen molar-refractivity contribution >= 4 is 5.97 Å². The van der Waals surface area contributed by atoms with Crippen LogP contribution in [0, 0.1) is 0 Å². The molecule has 0 saturated heterocycles. The Labute approximate surface area is 85.9 Å². The number of unbranched alkanes of at least 4 members (excludes halogenated alkanes) is 2. The normalized spacial score (nSPS) is 18.9. The van der Waals surface area contributed by atoms with Crippen LogP contribution in [-0.2, 0) is 4.79 Å². The number of carboxylic acids is 1. The molecule has 0 aromatic heterocycles. The van der Waals surface area contributed by atoms with Crippen LogP contribution in [0.3, 0.4) is 0 Å². The van der Waals surface area contributed by atoms with Crippen molar-refractivity contribution in [2.24, 2.45) is 0 Å². The first-order valence-electron chi connectivity index (χ1n) is 5.59. The molecule has 2 N–H and O–H groups in total. The van der Waals surface area contributed by atoms with Gasteiger partial charge in [-0.1, -0.05) is 6.42 Å². The maximum absolute atomic E-state index is 10.2. The first-order chi connectivity index (χ1) is 6.62. The second kappa shape index (κ2) is 5.35. The minimum absolute atomic E-state index is 0.317. The minimum atomic E-state index is -0.677. The largest absolute Gasteiger partial charge is 0.481 e. The molecule has 1 fully saturated rings. The molecular formula is C11H21NO2. The Kier molecular flexibility index (Phi) is 4.39. The zero-order valence-electron chi connectivity index (χ0n) is 9.01. The van der Waals surface area contributed by atoms with E-state index in [2.05, 4.69) is 12.2 Å². The monoisotopic (exact) mass is 199 g/mol. The minimum Gasteiger partial charge on any atom is -0.481 e.